The first kappa shape index (κ1) is 19.2. The van der Waals surface area contributed by atoms with Crippen molar-refractivity contribution in [2.24, 2.45) is 0 Å². The third kappa shape index (κ3) is 3.27. The molecule has 144 valence electrons. The van der Waals surface area contributed by atoms with E-state index >= 15 is 0 Å². The molecule has 9 heteroatoms. The minimum Gasteiger partial charge on any atom is -0.465 e. The zero-order valence-electron chi connectivity index (χ0n) is 14.4. The maximum atomic E-state index is 12.8. The summed E-state index contributed by atoms with van der Waals surface area (Å²) in [5, 5.41) is 0. The molecule has 0 aliphatic heterocycles. The molecule has 0 spiro atoms. The van der Waals surface area contributed by atoms with Gasteiger partial charge in [-0.3, -0.25) is 0 Å². The van der Waals surface area contributed by atoms with Crippen molar-refractivity contribution >= 4 is 16.1 Å². The lowest BCUT2D eigenvalue weighted by Gasteiger charge is -2.25. The lowest BCUT2D eigenvalue weighted by atomic mass is 9.80. The Morgan fingerprint density at radius 1 is 1.15 bits per heavy atom. The SMILES string of the molecule is COC(=O)c1c(OS(=O)(=O)C(F)(F)F)cc(C)c2c1-c1ccccc1CC2. The highest BCUT2D eigenvalue weighted by molar-refractivity contribution is 7.88. The molecule has 0 unspecified atom stereocenters. The van der Waals surface area contributed by atoms with E-state index in [0.717, 1.165) is 24.3 Å². The third-order valence-electron chi connectivity index (χ3n) is 4.43. The standard InChI is InChI=1S/C18H15F3O5S/c1-10-9-14(26-27(23,24)18(19,20)21)16(17(22)25-2)15-12(10)8-7-11-5-3-4-6-13(11)15/h3-6,9H,7-8H2,1-2H3. The zero-order valence-corrected chi connectivity index (χ0v) is 15.2. The number of fused-ring (bicyclic) bond motifs is 3. The fourth-order valence-electron chi connectivity index (χ4n) is 3.22. The van der Waals surface area contributed by atoms with E-state index in [4.69, 9.17) is 4.74 Å². The maximum Gasteiger partial charge on any atom is 0.534 e. The molecule has 0 aromatic heterocycles. The van der Waals surface area contributed by atoms with Crippen LogP contribution in [0.5, 0.6) is 5.75 Å². The maximum absolute atomic E-state index is 12.8. The van der Waals surface area contributed by atoms with Crippen molar-refractivity contribution in [3.05, 3.63) is 52.6 Å². The predicted octanol–water partition coefficient (Wildman–Crippen LogP) is 3.78. The van der Waals surface area contributed by atoms with Gasteiger partial charge in [0.1, 0.15) is 5.56 Å². The number of carbonyl (C=O) groups excluding carboxylic acids is 1. The van der Waals surface area contributed by atoms with Gasteiger partial charge in [0, 0.05) is 5.56 Å². The van der Waals surface area contributed by atoms with Crippen molar-refractivity contribution in [2.45, 2.75) is 25.3 Å². The van der Waals surface area contributed by atoms with Crippen LogP contribution in [0.25, 0.3) is 11.1 Å². The van der Waals surface area contributed by atoms with Crippen molar-refractivity contribution in [3.63, 3.8) is 0 Å². The highest BCUT2D eigenvalue weighted by Gasteiger charge is 2.49. The van der Waals surface area contributed by atoms with Crippen LogP contribution in [-0.2, 0) is 27.7 Å². The number of benzene rings is 2. The van der Waals surface area contributed by atoms with E-state index in [1.807, 2.05) is 12.1 Å². The van der Waals surface area contributed by atoms with Crippen LogP contribution in [0, 0.1) is 6.92 Å². The number of esters is 1. The van der Waals surface area contributed by atoms with Gasteiger partial charge in [-0.2, -0.15) is 21.6 Å². The molecular weight excluding hydrogens is 385 g/mol. The number of methoxy groups -OCH3 is 1. The fraction of sp³-hybridized carbons (Fsp3) is 0.278. The van der Waals surface area contributed by atoms with Crippen LogP contribution < -0.4 is 4.18 Å². The highest BCUT2D eigenvalue weighted by Crippen LogP contribution is 2.43. The number of alkyl halides is 3. The molecule has 0 saturated heterocycles. The lowest BCUT2D eigenvalue weighted by molar-refractivity contribution is -0.0500. The van der Waals surface area contributed by atoms with Crippen molar-refractivity contribution in [1.82, 2.24) is 0 Å². The Balaban J connectivity index is 2.32. The van der Waals surface area contributed by atoms with Crippen molar-refractivity contribution in [1.29, 1.82) is 0 Å². The van der Waals surface area contributed by atoms with Gasteiger partial charge in [-0.25, -0.2) is 4.79 Å². The normalized spacial score (nSPS) is 13.5. The van der Waals surface area contributed by atoms with Gasteiger partial charge in [0.05, 0.1) is 7.11 Å². The first-order valence-electron chi connectivity index (χ1n) is 7.90. The summed E-state index contributed by atoms with van der Waals surface area (Å²) in [6, 6.07) is 8.23. The minimum absolute atomic E-state index is 0.335. The monoisotopic (exact) mass is 400 g/mol. The van der Waals surface area contributed by atoms with Crippen LogP contribution in [0.15, 0.2) is 30.3 Å². The Morgan fingerprint density at radius 2 is 1.81 bits per heavy atom. The van der Waals surface area contributed by atoms with E-state index < -0.39 is 27.3 Å². The third-order valence-corrected chi connectivity index (χ3v) is 5.39. The number of hydrogen-bond acceptors (Lipinski definition) is 5. The molecule has 1 aliphatic carbocycles. The van der Waals surface area contributed by atoms with Crippen LogP contribution in [0.2, 0.25) is 0 Å². The topological polar surface area (TPSA) is 69.7 Å². The molecule has 1 aliphatic rings. The van der Waals surface area contributed by atoms with Gasteiger partial charge in [0.15, 0.2) is 5.75 Å². The Hall–Kier alpha value is -2.55. The molecule has 0 bridgehead atoms. The van der Waals surface area contributed by atoms with Gasteiger partial charge in [-0.1, -0.05) is 24.3 Å². The molecule has 0 atom stereocenters. The first-order chi connectivity index (χ1) is 12.6. The summed E-state index contributed by atoms with van der Waals surface area (Å²) in [5.74, 6) is -1.68. The number of halogens is 3. The second-order valence-corrected chi connectivity index (χ2v) is 7.59. The fourth-order valence-corrected chi connectivity index (χ4v) is 3.69. The molecule has 5 nitrogen and oxygen atoms in total. The summed E-state index contributed by atoms with van der Waals surface area (Å²) >= 11 is 0. The molecule has 2 aromatic carbocycles. The molecule has 0 amide bonds. The van der Waals surface area contributed by atoms with Crippen molar-refractivity contribution in [3.8, 4) is 16.9 Å². The average Bonchev–Trinajstić information content (AvgIpc) is 2.60. The van der Waals surface area contributed by atoms with Crippen LogP contribution in [0.3, 0.4) is 0 Å². The molecule has 27 heavy (non-hydrogen) atoms. The van der Waals surface area contributed by atoms with Crippen LogP contribution in [0.1, 0.15) is 27.0 Å². The van der Waals surface area contributed by atoms with Gasteiger partial charge >= 0.3 is 21.6 Å². The molecule has 0 radical (unpaired) electrons. The Labute approximate surface area is 153 Å². The second kappa shape index (κ2) is 6.56. The summed E-state index contributed by atoms with van der Waals surface area (Å²) in [5.41, 5.74) is -2.82. The zero-order chi connectivity index (χ0) is 20.0. The van der Waals surface area contributed by atoms with Crippen LogP contribution >= 0.6 is 0 Å². The highest BCUT2D eigenvalue weighted by atomic mass is 32.2. The van der Waals surface area contributed by atoms with E-state index in [1.54, 1.807) is 19.1 Å². The molecule has 2 aromatic rings. The van der Waals surface area contributed by atoms with Crippen LogP contribution in [-0.4, -0.2) is 27.0 Å². The Bertz CT molecular complexity index is 1030. The molecule has 3 rings (SSSR count). The van der Waals surface area contributed by atoms with Crippen LogP contribution in [0.4, 0.5) is 13.2 Å². The number of aryl methyl sites for hydroxylation is 2. The summed E-state index contributed by atoms with van der Waals surface area (Å²) in [6.07, 6.45) is 1.24. The quantitative estimate of drug-likeness (QED) is 0.446. The summed E-state index contributed by atoms with van der Waals surface area (Å²) in [4.78, 5) is 12.4. The molecule has 0 saturated carbocycles. The predicted molar refractivity (Wildman–Crippen MR) is 91.0 cm³/mol. The Kier molecular flexibility index (Phi) is 4.67. The number of rotatable bonds is 3. The first-order valence-corrected chi connectivity index (χ1v) is 9.31. The van der Waals surface area contributed by atoms with Gasteiger partial charge in [-0.05, 0) is 48.1 Å². The van der Waals surface area contributed by atoms with Gasteiger partial charge in [-0.15, -0.1) is 0 Å². The lowest BCUT2D eigenvalue weighted by Crippen LogP contribution is -2.29. The Morgan fingerprint density at radius 3 is 2.44 bits per heavy atom. The minimum atomic E-state index is -5.94. The average molecular weight is 400 g/mol. The van der Waals surface area contributed by atoms with Crippen molar-refractivity contribution in [2.75, 3.05) is 7.11 Å². The second-order valence-electron chi connectivity index (χ2n) is 6.05. The smallest absolute Gasteiger partial charge is 0.465 e. The molecule has 0 N–H and O–H groups in total. The van der Waals surface area contributed by atoms with Crippen molar-refractivity contribution < 1.29 is 35.3 Å². The van der Waals surface area contributed by atoms with E-state index in [0.29, 0.717) is 29.5 Å². The summed E-state index contributed by atoms with van der Waals surface area (Å²) in [7, 11) is -4.88. The van der Waals surface area contributed by atoms with E-state index in [1.165, 1.54) is 0 Å². The summed E-state index contributed by atoms with van der Waals surface area (Å²) in [6.45, 7) is 1.63. The van der Waals surface area contributed by atoms with E-state index in [-0.39, 0.29) is 5.56 Å². The van der Waals surface area contributed by atoms with Gasteiger partial charge in [0.25, 0.3) is 0 Å². The number of hydrogen-bond donors (Lipinski definition) is 0. The van der Waals surface area contributed by atoms with E-state index in [2.05, 4.69) is 4.18 Å². The molecule has 0 fully saturated rings. The summed E-state index contributed by atoms with van der Waals surface area (Å²) < 4.78 is 70.4. The molecule has 0 heterocycles. The van der Waals surface area contributed by atoms with Gasteiger partial charge in [0.2, 0.25) is 0 Å². The van der Waals surface area contributed by atoms with E-state index in [9.17, 15) is 26.4 Å². The largest absolute Gasteiger partial charge is 0.534 e. The number of carbonyl (C=O) groups is 1. The number of ether oxygens (including phenoxy) is 1. The molecular formula is C18H15F3O5S. The van der Waals surface area contributed by atoms with Gasteiger partial charge < -0.3 is 8.92 Å².